The number of pyridine rings is 1. The van der Waals surface area contributed by atoms with Crippen LogP contribution in [0.15, 0.2) is 42.7 Å². The predicted molar refractivity (Wildman–Crippen MR) is 146 cm³/mol. The third kappa shape index (κ3) is 4.95. The number of carbonyl (C=O) groups is 1. The van der Waals surface area contributed by atoms with E-state index in [1.165, 1.54) is 0 Å². The summed E-state index contributed by atoms with van der Waals surface area (Å²) in [7, 11) is 0. The molecule has 1 aliphatic rings. The fourth-order valence-electron chi connectivity index (χ4n) is 4.39. The van der Waals surface area contributed by atoms with Gasteiger partial charge in [0, 0.05) is 56.3 Å². The molecule has 9 nitrogen and oxygen atoms in total. The van der Waals surface area contributed by atoms with E-state index < -0.39 is 0 Å². The van der Waals surface area contributed by atoms with Crippen LogP contribution in [0.1, 0.15) is 44.7 Å². The van der Waals surface area contributed by atoms with Crippen molar-refractivity contribution in [2.24, 2.45) is 0 Å². The minimum Gasteiger partial charge on any atom is -0.352 e. The molecular formula is C26H32N8OS. The SMILES string of the molecule is CCSC(Nc1nc(N2CCN(C(C)=O)CC2)nc2cn(C(C)C)nc12)c1cnc2ccccc2c1. The van der Waals surface area contributed by atoms with Crippen LogP contribution in [0.2, 0.25) is 0 Å². The quantitative estimate of drug-likeness (QED) is 0.368. The van der Waals surface area contributed by atoms with Gasteiger partial charge in [-0.25, -0.2) is 4.98 Å². The summed E-state index contributed by atoms with van der Waals surface area (Å²) in [5, 5.41) is 9.56. The summed E-state index contributed by atoms with van der Waals surface area (Å²) in [6.07, 6.45) is 3.93. The van der Waals surface area contributed by atoms with Gasteiger partial charge >= 0.3 is 0 Å². The minimum absolute atomic E-state index is 0.0446. The summed E-state index contributed by atoms with van der Waals surface area (Å²) >= 11 is 1.80. The molecule has 0 saturated carbocycles. The van der Waals surface area contributed by atoms with Gasteiger partial charge < -0.3 is 15.1 Å². The maximum Gasteiger partial charge on any atom is 0.228 e. The summed E-state index contributed by atoms with van der Waals surface area (Å²) < 4.78 is 1.93. The predicted octanol–water partition coefficient (Wildman–Crippen LogP) is 4.49. The van der Waals surface area contributed by atoms with E-state index in [0.717, 1.165) is 33.3 Å². The van der Waals surface area contributed by atoms with Gasteiger partial charge in [0.2, 0.25) is 11.9 Å². The molecule has 0 radical (unpaired) electrons. The zero-order valence-electron chi connectivity index (χ0n) is 21.2. The normalized spacial score (nSPS) is 15.1. The molecule has 188 valence electrons. The molecule has 1 amide bonds. The van der Waals surface area contributed by atoms with Gasteiger partial charge in [0.05, 0.1) is 11.7 Å². The first-order chi connectivity index (χ1) is 17.4. The fraction of sp³-hybridized carbons (Fsp3) is 0.423. The van der Waals surface area contributed by atoms with Crippen LogP contribution in [0.25, 0.3) is 21.9 Å². The highest BCUT2D eigenvalue weighted by atomic mass is 32.2. The molecule has 0 aliphatic carbocycles. The molecule has 1 saturated heterocycles. The molecule has 4 aromatic rings. The molecule has 5 rings (SSSR count). The van der Waals surface area contributed by atoms with Crippen LogP contribution in [0.4, 0.5) is 11.8 Å². The average molecular weight is 505 g/mol. The molecule has 10 heteroatoms. The lowest BCUT2D eigenvalue weighted by molar-refractivity contribution is -0.129. The Labute approximate surface area is 215 Å². The first-order valence-corrected chi connectivity index (χ1v) is 13.5. The molecule has 0 spiro atoms. The lowest BCUT2D eigenvalue weighted by Gasteiger charge is -2.34. The summed E-state index contributed by atoms with van der Waals surface area (Å²) in [6.45, 7) is 10.7. The second kappa shape index (κ2) is 10.3. The number of carbonyl (C=O) groups excluding carboxylic acids is 1. The van der Waals surface area contributed by atoms with E-state index in [1.807, 2.05) is 40.2 Å². The first-order valence-electron chi connectivity index (χ1n) is 12.4. The van der Waals surface area contributed by atoms with E-state index in [0.29, 0.717) is 37.9 Å². The van der Waals surface area contributed by atoms with Crippen LogP contribution < -0.4 is 10.2 Å². The lowest BCUT2D eigenvalue weighted by atomic mass is 10.1. The van der Waals surface area contributed by atoms with Crippen LogP contribution >= 0.6 is 11.8 Å². The molecule has 1 unspecified atom stereocenters. The van der Waals surface area contributed by atoms with Gasteiger partial charge in [-0.05, 0) is 31.7 Å². The number of fused-ring (bicyclic) bond motifs is 2. The van der Waals surface area contributed by atoms with Gasteiger partial charge in [-0.1, -0.05) is 25.1 Å². The van der Waals surface area contributed by atoms with Gasteiger partial charge in [-0.2, -0.15) is 10.1 Å². The number of nitrogens with zero attached hydrogens (tertiary/aromatic N) is 7. The highest BCUT2D eigenvalue weighted by Crippen LogP contribution is 2.34. The molecule has 36 heavy (non-hydrogen) atoms. The van der Waals surface area contributed by atoms with Crippen LogP contribution in [0, 0.1) is 0 Å². The molecular weight excluding hydrogens is 472 g/mol. The summed E-state index contributed by atoms with van der Waals surface area (Å²) in [5.74, 6) is 2.41. The molecule has 1 N–H and O–H groups in total. The molecule has 3 aromatic heterocycles. The number of piperazine rings is 1. The number of rotatable bonds is 7. The Kier molecular flexibility index (Phi) is 6.95. The number of thioether (sulfide) groups is 1. The third-order valence-electron chi connectivity index (χ3n) is 6.42. The largest absolute Gasteiger partial charge is 0.352 e. The minimum atomic E-state index is -0.0446. The lowest BCUT2D eigenvalue weighted by Crippen LogP contribution is -2.48. The van der Waals surface area contributed by atoms with Crippen LogP contribution in [-0.2, 0) is 4.79 Å². The highest BCUT2D eigenvalue weighted by molar-refractivity contribution is 7.99. The Balaban J connectivity index is 1.52. The van der Waals surface area contributed by atoms with E-state index in [9.17, 15) is 4.79 Å². The Morgan fingerprint density at radius 1 is 1.11 bits per heavy atom. The van der Waals surface area contributed by atoms with Crippen LogP contribution in [0.5, 0.6) is 0 Å². The molecule has 1 atom stereocenters. The van der Waals surface area contributed by atoms with E-state index in [1.54, 1.807) is 18.7 Å². The molecule has 1 aromatic carbocycles. The number of nitrogens with one attached hydrogen (secondary N) is 1. The Bertz CT molecular complexity index is 1380. The van der Waals surface area contributed by atoms with Crippen molar-refractivity contribution in [1.82, 2.24) is 29.6 Å². The zero-order chi connectivity index (χ0) is 25.2. The standard InChI is InChI=1S/C26H32N8OS/c1-5-36-25(20-14-19-8-6-7-9-21(19)27-15-20)29-24-23-22(16-34(31-23)17(2)3)28-26(30-24)33-12-10-32(11-13-33)18(4)35/h6-9,14-17,25H,5,10-13H2,1-4H3,(H,28,29,30). The van der Waals surface area contributed by atoms with Crippen molar-refractivity contribution in [2.45, 2.75) is 39.1 Å². The molecule has 1 aliphatic heterocycles. The van der Waals surface area contributed by atoms with E-state index in [4.69, 9.17) is 15.1 Å². The second-order valence-corrected chi connectivity index (χ2v) is 10.6. The van der Waals surface area contributed by atoms with Crippen molar-refractivity contribution in [2.75, 3.05) is 42.1 Å². The van der Waals surface area contributed by atoms with Gasteiger partial charge in [0.15, 0.2) is 11.3 Å². The van der Waals surface area contributed by atoms with Crippen molar-refractivity contribution < 1.29 is 4.79 Å². The Morgan fingerprint density at radius 2 is 1.89 bits per heavy atom. The number of anilines is 2. The highest BCUT2D eigenvalue weighted by Gasteiger charge is 2.24. The topological polar surface area (TPSA) is 92.1 Å². The van der Waals surface area contributed by atoms with Gasteiger partial charge in [0.1, 0.15) is 10.9 Å². The second-order valence-electron chi connectivity index (χ2n) is 9.24. The number of hydrogen-bond donors (Lipinski definition) is 1. The average Bonchev–Trinajstić information content (AvgIpc) is 3.33. The van der Waals surface area contributed by atoms with E-state index in [2.05, 4.69) is 48.1 Å². The van der Waals surface area contributed by atoms with Gasteiger partial charge in [-0.15, -0.1) is 11.8 Å². The molecule has 4 heterocycles. The fourth-order valence-corrected chi connectivity index (χ4v) is 5.24. The first kappa shape index (κ1) is 24.3. The Morgan fingerprint density at radius 3 is 2.61 bits per heavy atom. The maximum absolute atomic E-state index is 11.8. The monoisotopic (exact) mass is 504 g/mol. The van der Waals surface area contributed by atoms with Crippen LogP contribution in [-0.4, -0.2) is 67.5 Å². The van der Waals surface area contributed by atoms with Crippen molar-refractivity contribution in [3.05, 3.63) is 48.3 Å². The third-order valence-corrected chi connectivity index (χ3v) is 7.48. The van der Waals surface area contributed by atoms with Crippen molar-refractivity contribution in [3.63, 3.8) is 0 Å². The van der Waals surface area contributed by atoms with Crippen molar-refractivity contribution in [1.29, 1.82) is 0 Å². The number of aromatic nitrogens is 5. The smallest absolute Gasteiger partial charge is 0.228 e. The molecule has 1 fully saturated rings. The van der Waals surface area contributed by atoms with Gasteiger partial charge in [0.25, 0.3) is 0 Å². The number of hydrogen-bond acceptors (Lipinski definition) is 8. The number of benzene rings is 1. The van der Waals surface area contributed by atoms with E-state index >= 15 is 0 Å². The van der Waals surface area contributed by atoms with Crippen molar-refractivity contribution >= 4 is 51.4 Å². The van der Waals surface area contributed by atoms with E-state index in [-0.39, 0.29) is 17.3 Å². The van der Waals surface area contributed by atoms with Crippen molar-refractivity contribution in [3.8, 4) is 0 Å². The number of amides is 1. The summed E-state index contributed by atoms with van der Waals surface area (Å²) in [6, 6.07) is 10.6. The maximum atomic E-state index is 11.8. The zero-order valence-corrected chi connectivity index (χ0v) is 22.0. The number of para-hydroxylation sites is 1. The molecule has 0 bridgehead atoms. The summed E-state index contributed by atoms with van der Waals surface area (Å²) in [5.41, 5.74) is 3.63. The Hall–Kier alpha value is -3.40. The summed E-state index contributed by atoms with van der Waals surface area (Å²) in [4.78, 5) is 30.3. The van der Waals surface area contributed by atoms with Crippen LogP contribution in [0.3, 0.4) is 0 Å². The van der Waals surface area contributed by atoms with Gasteiger partial charge in [-0.3, -0.25) is 14.5 Å².